The lowest BCUT2D eigenvalue weighted by Crippen LogP contribution is -2.32. The summed E-state index contributed by atoms with van der Waals surface area (Å²) in [5.41, 5.74) is 0.279. The standard InChI is InChI=1S/C15H14N2O5S/c18-17(19)13-6-2-4-8-15(13)23(20,21)16-12-9-10-22-14-7-3-1-5-11(12)14/h1-8,12,16H,9-10H2. The first kappa shape index (κ1) is 15.4. The number of sulfonamides is 1. The maximum Gasteiger partial charge on any atom is 0.289 e. The molecule has 2 aromatic carbocycles. The second kappa shape index (κ2) is 5.98. The van der Waals surface area contributed by atoms with Crippen LogP contribution in [0, 0.1) is 10.1 Å². The van der Waals surface area contributed by atoms with Gasteiger partial charge in [0.15, 0.2) is 4.90 Å². The molecule has 7 nitrogen and oxygen atoms in total. The zero-order chi connectivity index (χ0) is 16.4. The minimum Gasteiger partial charge on any atom is -0.493 e. The van der Waals surface area contributed by atoms with E-state index >= 15 is 0 Å². The van der Waals surface area contributed by atoms with Crippen molar-refractivity contribution in [2.45, 2.75) is 17.4 Å². The number of hydrogen-bond donors (Lipinski definition) is 1. The molecule has 3 rings (SSSR count). The highest BCUT2D eigenvalue weighted by atomic mass is 32.2. The molecule has 1 N–H and O–H groups in total. The molecule has 0 radical (unpaired) electrons. The average Bonchev–Trinajstić information content (AvgIpc) is 2.55. The SMILES string of the molecule is O=[N+]([O-])c1ccccc1S(=O)(=O)NC1CCOc2ccccc21. The van der Waals surface area contributed by atoms with Crippen LogP contribution in [0.1, 0.15) is 18.0 Å². The molecule has 0 bridgehead atoms. The zero-order valence-corrected chi connectivity index (χ0v) is 12.8. The van der Waals surface area contributed by atoms with Crippen LogP contribution >= 0.6 is 0 Å². The van der Waals surface area contributed by atoms with Gasteiger partial charge in [-0.1, -0.05) is 30.3 Å². The van der Waals surface area contributed by atoms with Crippen molar-refractivity contribution >= 4 is 15.7 Å². The normalized spacial score (nSPS) is 17.1. The maximum absolute atomic E-state index is 12.6. The predicted octanol–water partition coefficient (Wildman–Crippen LogP) is 2.40. The van der Waals surface area contributed by atoms with Gasteiger partial charge in [-0.2, -0.15) is 0 Å². The van der Waals surface area contributed by atoms with E-state index in [1.807, 2.05) is 0 Å². The van der Waals surface area contributed by atoms with Crippen molar-refractivity contribution in [1.29, 1.82) is 0 Å². The number of fused-ring (bicyclic) bond motifs is 1. The zero-order valence-electron chi connectivity index (χ0n) is 12.0. The van der Waals surface area contributed by atoms with Crippen molar-refractivity contribution < 1.29 is 18.1 Å². The number of nitrogens with one attached hydrogen (secondary N) is 1. The predicted molar refractivity (Wildman–Crippen MR) is 82.7 cm³/mol. The molecule has 23 heavy (non-hydrogen) atoms. The molecule has 1 atom stereocenters. The quantitative estimate of drug-likeness (QED) is 0.684. The van der Waals surface area contributed by atoms with Crippen LogP contribution in [-0.2, 0) is 10.0 Å². The topological polar surface area (TPSA) is 98.5 Å². The highest BCUT2D eigenvalue weighted by Crippen LogP contribution is 2.33. The second-order valence-corrected chi connectivity index (χ2v) is 6.76. The Kier molecular flexibility index (Phi) is 4.01. The molecule has 0 spiro atoms. The Hall–Kier alpha value is -2.45. The summed E-state index contributed by atoms with van der Waals surface area (Å²) < 4.78 is 33.2. The van der Waals surface area contributed by atoms with Gasteiger partial charge in [-0.25, -0.2) is 13.1 Å². The van der Waals surface area contributed by atoms with Gasteiger partial charge in [0.05, 0.1) is 17.6 Å². The van der Waals surface area contributed by atoms with E-state index in [0.29, 0.717) is 18.8 Å². The lowest BCUT2D eigenvalue weighted by molar-refractivity contribution is -0.387. The van der Waals surface area contributed by atoms with Gasteiger partial charge < -0.3 is 4.74 Å². The summed E-state index contributed by atoms with van der Waals surface area (Å²) in [6.45, 7) is 0.376. The van der Waals surface area contributed by atoms with Crippen molar-refractivity contribution in [2.75, 3.05) is 6.61 Å². The first-order valence-corrected chi connectivity index (χ1v) is 8.45. The molecule has 1 aliphatic rings. The summed E-state index contributed by atoms with van der Waals surface area (Å²) in [6, 6.07) is 11.9. The number of para-hydroxylation sites is 2. The number of nitrogens with zero attached hydrogens (tertiary/aromatic N) is 1. The largest absolute Gasteiger partial charge is 0.493 e. The van der Waals surface area contributed by atoms with Gasteiger partial charge in [0.1, 0.15) is 5.75 Å². The van der Waals surface area contributed by atoms with Gasteiger partial charge in [0.2, 0.25) is 10.0 Å². The van der Waals surface area contributed by atoms with Gasteiger partial charge in [-0.05, 0) is 12.1 Å². The third kappa shape index (κ3) is 3.03. The van der Waals surface area contributed by atoms with E-state index in [1.54, 1.807) is 24.3 Å². The summed E-state index contributed by atoms with van der Waals surface area (Å²) in [4.78, 5) is 10.0. The average molecular weight is 334 g/mol. The first-order valence-electron chi connectivity index (χ1n) is 6.96. The minimum atomic E-state index is -4.03. The molecule has 2 aromatic rings. The minimum absolute atomic E-state index is 0.339. The summed E-state index contributed by atoms with van der Waals surface area (Å²) in [6.07, 6.45) is 0.455. The number of hydrogen-bond acceptors (Lipinski definition) is 5. The van der Waals surface area contributed by atoms with Crippen molar-refractivity contribution in [2.24, 2.45) is 0 Å². The monoisotopic (exact) mass is 334 g/mol. The lowest BCUT2D eigenvalue weighted by Gasteiger charge is -2.26. The number of ether oxygens (including phenoxy) is 1. The number of benzene rings is 2. The molecule has 0 aliphatic carbocycles. The van der Waals surface area contributed by atoms with Gasteiger partial charge in [-0.3, -0.25) is 10.1 Å². The molecule has 120 valence electrons. The van der Waals surface area contributed by atoms with E-state index in [-0.39, 0.29) is 4.90 Å². The second-order valence-electron chi connectivity index (χ2n) is 5.07. The van der Waals surface area contributed by atoms with Crippen LogP contribution in [0.25, 0.3) is 0 Å². The molecule has 0 saturated heterocycles. The fourth-order valence-electron chi connectivity index (χ4n) is 2.55. The fraction of sp³-hybridized carbons (Fsp3) is 0.200. The number of rotatable bonds is 4. The van der Waals surface area contributed by atoms with Crippen molar-refractivity contribution in [1.82, 2.24) is 4.72 Å². The molecule has 1 heterocycles. The van der Waals surface area contributed by atoms with Crippen molar-refractivity contribution in [3.63, 3.8) is 0 Å². The van der Waals surface area contributed by atoms with Crippen LogP contribution in [-0.4, -0.2) is 19.9 Å². The van der Waals surface area contributed by atoms with E-state index in [9.17, 15) is 18.5 Å². The number of nitro groups is 1. The number of nitro benzene ring substituents is 1. The van der Waals surface area contributed by atoms with Crippen LogP contribution in [0.2, 0.25) is 0 Å². The van der Waals surface area contributed by atoms with Crippen LogP contribution < -0.4 is 9.46 Å². The molecule has 8 heteroatoms. The van der Waals surface area contributed by atoms with Gasteiger partial charge in [0.25, 0.3) is 5.69 Å². The Labute approximate surface area is 133 Å². The van der Waals surface area contributed by atoms with Crippen molar-refractivity contribution in [3.05, 3.63) is 64.2 Å². The summed E-state index contributed by atoms with van der Waals surface area (Å²) >= 11 is 0. The van der Waals surface area contributed by atoms with Crippen LogP contribution in [0.3, 0.4) is 0 Å². The highest BCUT2D eigenvalue weighted by Gasteiger charge is 2.30. The van der Waals surface area contributed by atoms with Gasteiger partial charge in [0, 0.05) is 18.1 Å². The van der Waals surface area contributed by atoms with Crippen LogP contribution in [0.5, 0.6) is 5.75 Å². The Balaban J connectivity index is 1.96. The fourth-order valence-corrected chi connectivity index (χ4v) is 3.97. The van der Waals surface area contributed by atoms with Crippen LogP contribution in [0.4, 0.5) is 5.69 Å². The Morgan fingerprint density at radius 3 is 2.61 bits per heavy atom. The maximum atomic E-state index is 12.6. The molecule has 0 amide bonds. The first-order chi connectivity index (χ1) is 11.0. The third-order valence-electron chi connectivity index (χ3n) is 3.61. The highest BCUT2D eigenvalue weighted by molar-refractivity contribution is 7.89. The molecule has 1 unspecified atom stereocenters. The Morgan fingerprint density at radius 1 is 1.13 bits per heavy atom. The summed E-state index contributed by atoms with van der Waals surface area (Å²) in [5.74, 6) is 0.619. The Bertz CT molecular complexity index is 850. The molecule has 0 saturated carbocycles. The molecular weight excluding hydrogens is 320 g/mol. The summed E-state index contributed by atoms with van der Waals surface area (Å²) in [5, 5.41) is 11.1. The van der Waals surface area contributed by atoms with E-state index in [4.69, 9.17) is 4.74 Å². The summed E-state index contributed by atoms with van der Waals surface area (Å²) in [7, 11) is -4.03. The van der Waals surface area contributed by atoms with Crippen molar-refractivity contribution in [3.8, 4) is 5.75 Å². The van der Waals surface area contributed by atoms with Crippen LogP contribution in [0.15, 0.2) is 53.4 Å². The Morgan fingerprint density at radius 2 is 1.83 bits per heavy atom. The molecule has 0 aromatic heterocycles. The smallest absolute Gasteiger partial charge is 0.289 e. The molecule has 0 fully saturated rings. The van der Waals surface area contributed by atoms with E-state index < -0.39 is 26.7 Å². The van der Waals surface area contributed by atoms with Gasteiger partial charge >= 0.3 is 0 Å². The third-order valence-corrected chi connectivity index (χ3v) is 5.13. The molecular formula is C15H14N2O5S. The molecule has 1 aliphatic heterocycles. The van der Waals surface area contributed by atoms with E-state index in [1.165, 1.54) is 24.3 Å². The lowest BCUT2D eigenvalue weighted by atomic mass is 10.0. The van der Waals surface area contributed by atoms with E-state index in [0.717, 1.165) is 5.56 Å². The van der Waals surface area contributed by atoms with E-state index in [2.05, 4.69) is 4.72 Å². The van der Waals surface area contributed by atoms with Gasteiger partial charge in [-0.15, -0.1) is 0 Å².